The molecule has 6 rings (SSSR count). The minimum atomic E-state index is -0.526. The number of aromatic nitrogens is 2. The summed E-state index contributed by atoms with van der Waals surface area (Å²) in [6.45, 7) is 6.67. The van der Waals surface area contributed by atoms with Gasteiger partial charge in [0.05, 0.1) is 40.4 Å². The molecule has 0 spiro atoms. The first-order valence-electron chi connectivity index (χ1n) is 19.0. The molecule has 306 valence electrons. The minimum absolute atomic E-state index is 0.136. The molecule has 2 heterocycles. The molecule has 4 aromatic carbocycles. The van der Waals surface area contributed by atoms with Crippen LogP contribution in [-0.4, -0.2) is 39.4 Å². The molecular formula is C47H43Cl2N5O6. The summed E-state index contributed by atoms with van der Waals surface area (Å²) < 4.78 is 24.9. The zero-order valence-corrected chi connectivity index (χ0v) is 34.8. The Morgan fingerprint density at radius 3 is 1.60 bits per heavy atom. The first-order valence-corrected chi connectivity index (χ1v) is 19.8. The molecule has 11 nitrogen and oxygen atoms in total. The Bertz CT molecular complexity index is 2550. The van der Waals surface area contributed by atoms with Gasteiger partial charge >= 0.3 is 0 Å². The van der Waals surface area contributed by atoms with E-state index in [9.17, 15) is 20.7 Å². The summed E-state index contributed by atoms with van der Waals surface area (Å²) in [5.41, 5.74) is 10.0. The maximum atomic E-state index is 9.59. The molecule has 0 saturated heterocycles. The molecule has 13 heteroatoms. The summed E-state index contributed by atoms with van der Waals surface area (Å²) in [5.74, 6) is 2.00. The first kappa shape index (κ1) is 43.4. The van der Waals surface area contributed by atoms with Gasteiger partial charge in [-0.2, -0.15) is 10.5 Å². The average molecular weight is 845 g/mol. The number of hydrogen-bond donors (Lipinski definition) is 3. The van der Waals surface area contributed by atoms with E-state index >= 15 is 0 Å². The second-order valence-electron chi connectivity index (χ2n) is 14.1. The lowest BCUT2D eigenvalue weighted by Gasteiger charge is -2.19. The lowest BCUT2D eigenvalue weighted by molar-refractivity contribution is 0.170. The standard InChI is InChI=1S/C47H43Cl2N5O6/c1-29-10-42(48)46(14-44(29)57-25-34-11-32(16-50)18-52-20-34)59-27-36-6-4-8-40(30(36)2)41-9-5-7-37(31(41)3)28-60-47-15-45(58-26-35-12-33(17-51)19-53-21-35)38(13-43(47)49)22-54-39(23-55)24-56/h4-15,18-21,39,54-56H,22-28H2,1-3H3. The Morgan fingerprint density at radius 1 is 0.600 bits per heavy atom. The highest BCUT2D eigenvalue weighted by Gasteiger charge is 2.17. The monoisotopic (exact) mass is 843 g/mol. The highest BCUT2D eigenvalue weighted by Crippen LogP contribution is 2.37. The molecular weight excluding hydrogens is 801 g/mol. The predicted octanol–water partition coefficient (Wildman–Crippen LogP) is 8.88. The van der Waals surface area contributed by atoms with Crippen LogP contribution in [0, 0.1) is 43.4 Å². The van der Waals surface area contributed by atoms with Crippen molar-refractivity contribution in [2.24, 2.45) is 0 Å². The number of ether oxygens (including phenoxy) is 4. The van der Waals surface area contributed by atoms with Crippen LogP contribution in [0.1, 0.15) is 55.6 Å². The van der Waals surface area contributed by atoms with Crippen LogP contribution in [0.5, 0.6) is 23.0 Å². The Balaban J connectivity index is 1.17. The Hall–Kier alpha value is -6.18. The van der Waals surface area contributed by atoms with Crippen LogP contribution in [-0.2, 0) is 33.0 Å². The van der Waals surface area contributed by atoms with Crippen molar-refractivity contribution in [3.8, 4) is 46.3 Å². The number of aliphatic hydroxyl groups excluding tert-OH is 2. The van der Waals surface area contributed by atoms with Crippen molar-refractivity contribution in [2.75, 3.05) is 13.2 Å². The second-order valence-corrected chi connectivity index (χ2v) is 14.9. The van der Waals surface area contributed by atoms with Crippen LogP contribution in [0.4, 0.5) is 0 Å². The average Bonchev–Trinajstić information content (AvgIpc) is 3.26. The molecule has 0 bridgehead atoms. The van der Waals surface area contributed by atoms with Crippen molar-refractivity contribution in [3.05, 3.63) is 163 Å². The van der Waals surface area contributed by atoms with Gasteiger partial charge in [0.25, 0.3) is 0 Å². The van der Waals surface area contributed by atoms with Gasteiger partial charge in [0.15, 0.2) is 0 Å². The minimum Gasteiger partial charge on any atom is -0.488 e. The highest BCUT2D eigenvalue weighted by atomic mass is 35.5. The van der Waals surface area contributed by atoms with Crippen LogP contribution < -0.4 is 24.3 Å². The van der Waals surface area contributed by atoms with Crippen LogP contribution in [0.25, 0.3) is 11.1 Å². The zero-order chi connectivity index (χ0) is 42.6. The van der Waals surface area contributed by atoms with E-state index in [0.29, 0.717) is 55.3 Å². The molecule has 0 aliphatic carbocycles. The van der Waals surface area contributed by atoms with E-state index in [-0.39, 0.29) is 46.2 Å². The molecule has 0 atom stereocenters. The molecule has 0 radical (unpaired) electrons. The van der Waals surface area contributed by atoms with Crippen molar-refractivity contribution in [1.29, 1.82) is 10.5 Å². The first-order chi connectivity index (χ1) is 29.1. The number of aliphatic hydroxyl groups is 2. The van der Waals surface area contributed by atoms with Gasteiger partial charge in [0.2, 0.25) is 0 Å². The topological polar surface area (TPSA) is 163 Å². The van der Waals surface area contributed by atoms with Gasteiger partial charge < -0.3 is 34.5 Å². The van der Waals surface area contributed by atoms with Gasteiger partial charge in [-0.05, 0) is 84.0 Å². The summed E-state index contributed by atoms with van der Waals surface area (Å²) in [6.07, 6.45) is 6.29. The maximum Gasteiger partial charge on any atom is 0.142 e. The van der Waals surface area contributed by atoms with Crippen molar-refractivity contribution >= 4 is 23.2 Å². The number of hydrogen-bond acceptors (Lipinski definition) is 11. The van der Waals surface area contributed by atoms with Crippen LogP contribution in [0.3, 0.4) is 0 Å². The molecule has 6 aromatic rings. The Labute approximate surface area is 359 Å². The Kier molecular flexibility index (Phi) is 15.0. The van der Waals surface area contributed by atoms with Gasteiger partial charge in [-0.25, -0.2) is 0 Å². The fourth-order valence-electron chi connectivity index (χ4n) is 6.45. The van der Waals surface area contributed by atoms with Crippen LogP contribution >= 0.6 is 23.2 Å². The number of benzene rings is 4. The largest absolute Gasteiger partial charge is 0.488 e. The van der Waals surface area contributed by atoms with Gasteiger partial charge in [-0.15, -0.1) is 0 Å². The second kappa shape index (κ2) is 20.7. The van der Waals surface area contributed by atoms with Crippen LogP contribution in [0.2, 0.25) is 10.0 Å². The van der Waals surface area contributed by atoms with Gasteiger partial charge in [-0.3, -0.25) is 9.97 Å². The molecule has 60 heavy (non-hydrogen) atoms. The fraction of sp³-hybridized carbons (Fsp3) is 0.234. The summed E-state index contributed by atoms with van der Waals surface area (Å²) >= 11 is 13.4. The number of nitrogens with one attached hydrogen (secondary N) is 1. The molecule has 3 N–H and O–H groups in total. The SMILES string of the molecule is Cc1cc(Cl)c(OCc2cccc(-c3cccc(COc4cc(OCc5cncc(C#N)c5)c(CNC(CO)CO)cc4Cl)c3C)c2C)cc1OCc1cncc(C#N)c1. The molecule has 0 fully saturated rings. The van der Waals surface area contributed by atoms with Gasteiger partial charge in [0.1, 0.15) is 61.6 Å². The molecule has 0 unspecified atom stereocenters. The van der Waals surface area contributed by atoms with E-state index in [0.717, 1.165) is 44.5 Å². The van der Waals surface area contributed by atoms with Crippen molar-refractivity contribution < 1.29 is 29.2 Å². The van der Waals surface area contributed by atoms with Crippen molar-refractivity contribution in [3.63, 3.8) is 0 Å². The van der Waals surface area contributed by atoms with E-state index in [4.69, 9.17) is 42.1 Å². The molecule has 0 amide bonds. The quantitative estimate of drug-likeness (QED) is 0.0758. The third kappa shape index (κ3) is 10.9. The molecule has 0 saturated carbocycles. The number of nitriles is 2. The molecule has 0 aliphatic heterocycles. The summed E-state index contributed by atoms with van der Waals surface area (Å²) in [6, 6.07) is 26.4. The maximum absolute atomic E-state index is 9.59. The smallest absolute Gasteiger partial charge is 0.142 e. The number of rotatable bonds is 18. The van der Waals surface area contributed by atoms with E-state index in [2.05, 4.69) is 53.4 Å². The Morgan fingerprint density at radius 2 is 1.08 bits per heavy atom. The summed E-state index contributed by atoms with van der Waals surface area (Å²) in [7, 11) is 0. The third-order valence-electron chi connectivity index (χ3n) is 9.95. The lowest BCUT2D eigenvalue weighted by Crippen LogP contribution is -2.35. The van der Waals surface area contributed by atoms with Crippen molar-refractivity contribution in [1.82, 2.24) is 15.3 Å². The highest BCUT2D eigenvalue weighted by molar-refractivity contribution is 6.32. The van der Waals surface area contributed by atoms with E-state index in [1.54, 1.807) is 42.7 Å². The van der Waals surface area contributed by atoms with Gasteiger partial charge in [-0.1, -0.05) is 59.6 Å². The predicted molar refractivity (Wildman–Crippen MR) is 229 cm³/mol. The number of halogens is 2. The molecule has 0 aliphatic rings. The number of nitrogens with zero attached hydrogens (tertiary/aromatic N) is 4. The van der Waals surface area contributed by atoms with E-state index in [1.165, 1.54) is 12.4 Å². The van der Waals surface area contributed by atoms with E-state index in [1.807, 2.05) is 37.3 Å². The fourth-order valence-corrected chi connectivity index (χ4v) is 6.97. The summed E-state index contributed by atoms with van der Waals surface area (Å²) in [4.78, 5) is 8.23. The zero-order valence-electron chi connectivity index (χ0n) is 33.3. The normalized spacial score (nSPS) is 10.9. The molecule has 2 aromatic heterocycles. The number of pyridine rings is 2. The van der Waals surface area contributed by atoms with Crippen molar-refractivity contribution in [2.45, 2.75) is 59.8 Å². The lowest BCUT2D eigenvalue weighted by atomic mass is 9.92. The third-order valence-corrected chi connectivity index (χ3v) is 10.5. The summed E-state index contributed by atoms with van der Waals surface area (Å²) in [5, 5.41) is 41.6. The van der Waals surface area contributed by atoms with Crippen LogP contribution in [0.15, 0.2) is 97.6 Å². The number of aryl methyl sites for hydroxylation is 1. The van der Waals surface area contributed by atoms with Gasteiger partial charge in [0, 0.05) is 60.2 Å². The van der Waals surface area contributed by atoms with E-state index < -0.39 is 6.04 Å².